The average Bonchev–Trinajstić information content (AvgIpc) is 3.81. The summed E-state index contributed by atoms with van der Waals surface area (Å²) in [6, 6.07) is 27.8. The number of para-hydroxylation sites is 2. The minimum absolute atomic E-state index is 0.0131. The van der Waals surface area contributed by atoms with E-state index in [1.54, 1.807) is 12.1 Å². The van der Waals surface area contributed by atoms with Crippen molar-refractivity contribution in [1.29, 1.82) is 0 Å². The number of fused-ring (bicyclic) bond motifs is 2. The van der Waals surface area contributed by atoms with Crippen LogP contribution >= 0.6 is 11.3 Å². The molecule has 3 heterocycles. The van der Waals surface area contributed by atoms with E-state index < -0.39 is 10.1 Å². The Morgan fingerprint density at radius 2 is 1.49 bits per heavy atom. The molecule has 1 aromatic heterocycles. The zero-order chi connectivity index (χ0) is 35.1. The predicted molar refractivity (Wildman–Crippen MR) is 203 cm³/mol. The fraction of sp³-hybridized carbons (Fsp3) is 0.262. The van der Waals surface area contributed by atoms with Gasteiger partial charge in [0, 0.05) is 46.4 Å². The molecule has 0 atom stereocenters. The summed E-state index contributed by atoms with van der Waals surface area (Å²) in [5, 5.41) is 2.20. The Hall–Kier alpha value is -4.30. The fourth-order valence-corrected chi connectivity index (χ4v) is 8.77. The van der Waals surface area contributed by atoms with Crippen LogP contribution in [0.1, 0.15) is 62.1 Å². The molecule has 49 heavy (non-hydrogen) atoms. The lowest BCUT2D eigenvalue weighted by atomic mass is 9.81. The Bertz CT molecular complexity index is 2160. The van der Waals surface area contributed by atoms with Crippen molar-refractivity contribution in [2.24, 2.45) is 0 Å². The van der Waals surface area contributed by atoms with Crippen molar-refractivity contribution in [1.82, 2.24) is 0 Å². The first-order valence-electron chi connectivity index (χ1n) is 16.6. The second-order valence-electron chi connectivity index (χ2n) is 14.0. The van der Waals surface area contributed by atoms with Crippen LogP contribution in [0.2, 0.25) is 0 Å². The van der Waals surface area contributed by atoms with E-state index in [-0.39, 0.29) is 15.7 Å². The number of hydrogen-bond acceptors (Lipinski definition) is 5. The van der Waals surface area contributed by atoms with Crippen LogP contribution in [-0.4, -0.2) is 37.4 Å². The lowest BCUT2D eigenvalue weighted by Gasteiger charge is -2.24. The van der Waals surface area contributed by atoms with E-state index in [9.17, 15) is 13.0 Å². The van der Waals surface area contributed by atoms with Gasteiger partial charge >= 0.3 is 0 Å². The standard InChI is InChI=1S/C35H37N2S.C7H8O3S/c1-34(2)26-12-7-9-14-28(26)36(5)31(34)21-19-24-17-18-25(33(24)30-16-11-23-38-30)20-22-32-35(3,4)27-13-8-10-15-29(27)37(32)6;1-6-2-4-7(5-3-6)11(8,9)10/h7-16,19-23H,17-18H2,1-6H3;2-5H,1H3,(H,8,9,10)/q+1;/p-1. The third-order valence-corrected chi connectivity index (χ3v) is 11.9. The molecule has 0 unspecified atom stereocenters. The molecule has 3 aliphatic rings. The van der Waals surface area contributed by atoms with Crippen molar-refractivity contribution < 1.29 is 17.5 Å². The van der Waals surface area contributed by atoms with Crippen LogP contribution in [0.5, 0.6) is 0 Å². The summed E-state index contributed by atoms with van der Waals surface area (Å²) < 4.78 is 33.5. The van der Waals surface area contributed by atoms with Crippen molar-refractivity contribution in [2.45, 2.75) is 63.2 Å². The van der Waals surface area contributed by atoms with Crippen LogP contribution in [0.4, 0.5) is 11.4 Å². The molecule has 0 radical (unpaired) electrons. The molecule has 0 saturated carbocycles. The second kappa shape index (κ2) is 13.2. The zero-order valence-corrected chi connectivity index (χ0v) is 31.0. The number of allylic oxidation sites excluding steroid dienone is 8. The highest BCUT2D eigenvalue weighted by Crippen LogP contribution is 2.48. The number of aryl methyl sites for hydroxylation is 1. The molecule has 0 amide bonds. The molecular formula is C42H44N2O3S2. The molecule has 7 rings (SSSR count). The Labute approximate surface area is 295 Å². The topological polar surface area (TPSA) is 63.5 Å². The van der Waals surface area contributed by atoms with Gasteiger partial charge in [-0.2, -0.15) is 4.58 Å². The smallest absolute Gasteiger partial charge is 0.209 e. The van der Waals surface area contributed by atoms with Crippen LogP contribution < -0.4 is 4.90 Å². The molecule has 4 aromatic rings. The Balaban J connectivity index is 0.000000324. The quantitative estimate of drug-likeness (QED) is 0.155. The maximum absolute atomic E-state index is 10.4. The molecule has 0 spiro atoms. The van der Waals surface area contributed by atoms with Gasteiger partial charge in [-0.15, -0.1) is 11.3 Å². The number of benzene rings is 3. The molecule has 1 aliphatic carbocycles. The zero-order valence-electron chi connectivity index (χ0n) is 29.3. The van der Waals surface area contributed by atoms with E-state index in [0.717, 1.165) is 18.4 Å². The number of anilines is 1. The lowest BCUT2D eigenvalue weighted by Crippen LogP contribution is -2.26. The minimum atomic E-state index is -4.27. The second-order valence-corrected chi connectivity index (χ2v) is 16.3. The van der Waals surface area contributed by atoms with Gasteiger partial charge in [0.05, 0.1) is 10.3 Å². The molecule has 0 fully saturated rings. The van der Waals surface area contributed by atoms with Crippen LogP contribution in [0.25, 0.3) is 5.57 Å². The lowest BCUT2D eigenvalue weighted by molar-refractivity contribution is -0.401. The highest BCUT2D eigenvalue weighted by molar-refractivity contribution is 7.85. The van der Waals surface area contributed by atoms with Crippen molar-refractivity contribution in [3.63, 3.8) is 0 Å². The van der Waals surface area contributed by atoms with E-state index in [1.165, 1.54) is 67.6 Å². The van der Waals surface area contributed by atoms with E-state index in [4.69, 9.17) is 0 Å². The van der Waals surface area contributed by atoms with Crippen LogP contribution in [-0.2, 0) is 20.9 Å². The van der Waals surface area contributed by atoms with E-state index in [1.807, 2.05) is 18.3 Å². The van der Waals surface area contributed by atoms with Gasteiger partial charge in [0.25, 0.3) is 0 Å². The third-order valence-electron chi connectivity index (χ3n) is 10.1. The summed E-state index contributed by atoms with van der Waals surface area (Å²) in [6.45, 7) is 11.2. The highest BCUT2D eigenvalue weighted by atomic mass is 32.2. The average molecular weight is 689 g/mol. The van der Waals surface area contributed by atoms with E-state index in [0.29, 0.717) is 0 Å². The maximum atomic E-state index is 10.4. The van der Waals surface area contributed by atoms with Gasteiger partial charge in [-0.3, -0.25) is 0 Å². The molecule has 0 bridgehead atoms. The first kappa shape index (κ1) is 34.6. The first-order valence-corrected chi connectivity index (χ1v) is 18.9. The number of thiophene rings is 1. The first-order chi connectivity index (χ1) is 23.2. The molecule has 252 valence electrons. The normalized spacial score (nSPS) is 19.6. The van der Waals surface area contributed by atoms with E-state index >= 15 is 0 Å². The highest BCUT2D eigenvalue weighted by Gasteiger charge is 2.42. The van der Waals surface area contributed by atoms with Gasteiger partial charge in [0.2, 0.25) is 5.69 Å². The number of nitrogens with zero attached hydrogens (tertiary/aromatic N) is 2. The van der Waals surface area contributed by atoms with Crippen LogP contribution in [0, 0.1) is 6.92 Å². The number of hydrogen-bond donors (Lipinski definition) is 0. The van der Waals surface area contributed by atoms with Crippen molar-refractivity contribution in [3.8, 4) is 0 Å². The number of rotatable bonds is 5. The molecule has 7 heteroatoms. The Kier molecular flexibility index (Phi) is 9.31. The van der Waals surface area contributed by atoms with Gasteiger partial charge in [-0.1, -0.05) is 86.2 Å². The predicted octanol–water partition coefficient (Wildman–Crippen LogP) is 9.69. The van der Waals surface area contributed by atoms with Crippen molar-refractivity contribution >= 4 is 44.1 Å². The van der Waals surface area contributed by atoms with Gasteiger partial charge in [0.15, 0.2) is 5.71 Å². The molecule has 0 N–H and O–H groups in total. The Morgan fingerprint density at radius 1 is 0.816 bits per heavy atom. The fourth-order valence-electron chi connectivity index (χ4n) is 7.46. The molecule has 3 aromatic carbocycles. The van der Waals surface area contributed by atoms with E-state index in [2.05, 4.69) is 142 Å². The van der Waals surface area contributed by atoms with Crippen LogP contribution in [0.3, 0.4) is 0 Å². The largest absolute Gasteiger partial charge is 0.744 e. The van der Waals surface area contributed by atoms with Gasteiger partial charge in [-0.25, -0.2) is 8.42 Å². The minimum Gasteiger partial charge on any atom is -0.744 e. The Morgan fingerprint density at radius 3 is 2.12 bits per heavy atom. The van der Waals surface area contributed by atoms with Crippen molar-refractivity contribution in [3.05, 3.63) is 153 Å². The number of likely N-dealkylation sites (N-methyl/N-ethyl adjacent to an activating group) is 1. The molecule has 2 aliphatic heterocycles. The SMILES string of the molecule is CN1C(=CC=C2CCC(C=CC3=[N+](C)c4ccccc4C3(C)C)=C2c2cccs2)C(C)(C)c2ccccc21.Cc1ccc(S(=O)(=O)[O-])cc1. The monoisotopic (exact) mass is 688 g/mol. The molecule has 5 nitrogen and oxygen atoms in total. The summed E-state index contributed by atoms with van der Waals surface area (Å²) in [7, 11) is 0.131. The third kappa shape index (κ3) is 6.55. The summed E-state index contributed by atoms with van der Waals surface area (Å²) in [5.74, 6) is 0. The van der Waals surface area contributed by atoms with Crippen LogP contribution in [0.15, 0.2) is 136 Å². The van der Waals surface area contributed by atoms with Gasteiger partial charge in [0.1, 0.15) is 17.2 Å². The van der Waals surface area contributed by atoms with Gasteiger partial charge in [-0.05, 0) is 91.6 Å². The summed E-state index contributed by atoms with van der Waals surface area (Å²) in [4.78, 5) is 3.55. The maximum Gasteiger partial charge on any atom is 0.209 e. The van der Waals surface area contributed by atoms with Gasteiger partial charge < -0.3 is 9.45 Å². The molecular weight excluding hydrogens is 645 g/mol. The summed E-state index contributed by atoms with van der Waals surface area (Å²) in [6.07, 6.45) is 11.7. The summed E-state index contributed by atoms with van der Waals surface area (Å²) >= 11 is 1.84. The summed E-state index contributed by atoms with van der Waals surface area (Å²) in [5.41, 5.74) is 13.3. The van der Waals surface area contributed by atoms with Crippen molar-refractivity contribution in [2.75, 3.05) is 19.0 Å². The molecule has 0 saturated heterocycles.